The molecule has 39 heavy (non-hydrogen) atoms. The molecule has 0 aliphatic carbocycles. The number of benzene rings is 4. The Labute approximate surface area is 223 Å². The predicted molar refractivity (Wildman–Crippen MR) is 142 cm³/mol. The van der Waals surface area contributed by atoms with Crippen LogP contribution in [-0.2, 0) is 20.2 Å². The lowest BCUT2D eigenvalue weighted by Gasteiger charge is -2.10. The minimum absolute atomic E-state index is 0.00348. The Morgan fingerprint density at radius 3 is 2.08 bits per heavy atom. The van der Waals surface area contributed by atoms with Crippen molar-refractivity contribution < 1.29 is 30.5 Å². The maximum absolute atomic E-state index is 12.6. The number of nitro benzene ring substituents is 1. The predicted octanol–water partition coefficient (Wildman–Crippen LogP) is 6.08. The van der Waals surface area contributed by atoms with E-state index in [0.29, 0.717) is 22.6 Å². The summed E-state index contributed by atoms with van der Waals surface area (Å²) in [5.74, 6) is 0.196. The number of para-hydroxylation sites is 1. The molecule has 2 N–H and O–H groups in total. The molecular weight excluding hydrogens is 548 g/mol. The number of rotatable bonds is 9. The van der Waals surface area contributed by atoms with Gasteiger partial charge in [0.1, 0.15) is 15.5 Å². The second-order valence-corrected chi connectivity index (χ2v) is 11.0. The topological polar surface area (TPSA) is 178 Å². The Morgan fingerprint density at radius 2 is 1.46 bits per heavy atom. The molecule has 0 radical (unpaired) electrons. The molecule has 0 saturated heterocycles. The average Bonchev–Trinajstić information content (AvgIpc) is 2.88. The maximum atomic E-state index is 12.6. The summed E-state index contributed by atoms with van der Waals surface area (Å²) in [6, 6.07) is 21.9. The zero-order valence-corrected chi connectivity index (χ0v) is 21.8. The van der Waals surface area contributed by atoms with E-state index in [4.69, 9.17) is 4.18 Å². The molecule has 0 heterocycles. The van der Waals surface area contributed by atoms with E-state index in [0.717, 1.165) is 12.1 Å². The van der Waals surface area contributed by atoms with Crippen molar-refractivity contribution >= 4 is 48.7 Å². The van der Waals surface area contributed by atoms with Crippen molar-refractivity contribution in [1.82, 2.24) is 0 Å². The third-order valence-corrected chi connectivity index (χ3v) is 7.56. The van der Waals surface area contributed by atoms with Crippen LogP contribution >= 0.6 is 0 Å². The van der Waals surface area contributed by atoms with Gasteiger partial charge in [-0.1, -0.05) is 18.2 Å². The van der Waals surface area contributed by atoms with Gasteiger partial charge in [0.15, 0.2) is 0 Å². The van der Waals surface area contributed by atoms with Gasteiger partial charge in [-0.3, -0.25) is 14.7 Å². The highest BCUT2D eigenvalue weighted by atomic mass is 32.2. The highest BCUT2D eigenvalue weighted by Gasteiger charge is 2.21. The van der Waals surface area contributed by atoms with E-state index in [-0.39, 0.29) is 16.3 Å². The summed E-state index contributed by atoms with van der Waals surface area (Å²) in [4.78, 5) is 9.54. The maximum Gasteiger partial charge on any atom is 0.339 e. The van der Waals surface area contributed by atoms with Gasteiger partial charge in [-0.15, -0.1) is 0 Å². The summed E-state index contributed by atoms with van der Waals surface area (Å²) in [5.41, 5.74) is 1.11. The SMILES string of the molecule is Cc1cc(N=Nc2ccc(Nc3ccc([N+](=O)[O-])cc3S(=O)(=O)O)cc2)ccc1S(=O)(=O)Oc1ccccc1. The van der Waals surface area contributed by atoms with Crippen molar-refractivity contribution in [3.63, 3.8) is 0 Å². The first kappa shape index (κ1) is 27.4. The fourth-order valence-corrected chi connectivity index (χ4v) is 5.26. The van der Waals surface area contributed by atoms with E-state index in [9.17, 15) is 31.5 Å². The monoisotopic (exact) mass is 568 g/mol. The summed E-state index contributed by atoms with van der Waals surface area (Å²) >= 11 is 0. The van der Waals surface area contributed by atoms with Crippen molar-refractivity contribution in [2.45, 2.75) is 16.7 Å². The first-order valence-corrected chi connectivity index (χ1v) is 13.9. The average molecular weight is 569 g/mol. The van der Waals surface area contributed by atoms with E-state index < -0.39 is 35.7 Å². The van der Waals surface area contributed by atoms with Gasteiger partial charge in [-0.25, -0.2) is 0 Å². The minimum atomic E-state index is -4.73. The van der Waals surface area contributed by atoms with Crippen LogP contribution in [0, 0.1) is 17.0 Å². The number of aryl methyl sites for hydroxylation is 1. The second kappa shape index (κ2) is 11.0. The quantitative estimate of drug-likeness (QED) is 0.0796. The van der Waals surface area contributed by atoms with Crippen molar-refractivity contribution in [1.29, 1.82) is 0 Å². The Morgan fingerprint density at radius 1 is 0.821 bits per heavy atom. The summed E-state index contributed by atoms with van der Waals surface area (Å²) in [6.45, 7) is 1.61. The van der Waals surface area contributed by atoms with Crippen molar-refractivity contribution in [3.8, 4) is 5.75 Å². The molecule has 0 spiro atoms. The van der Waals surface area contributed by atoms with E-state index in [2.05, 4.69) is 15.5 Å². The number of nitro groups is 1. The Kier molecular flexibility index (Phi) is 7.71. The van der Waals surface area contributed by atoms with Crippen LogP contribution in [0.25, 0.3) is 0 Å². The molecule has 0 bridgehead atoms. The fourth-order valence-electron chi connectivity index (χ4n) is 3.45. The van der Waals surface area contributed by atoms with Crippen LogP contribution < -0.4 is 9.50 Å². The second-order valence-electron chi connectivity index (χ2n) is 8.08. The Balaban J connectivity index is 1.48. The van der Waals surface area contributed by atoms with Crippen LogP contribution in [0.2, 0.25) is 0 Å². The van der Waals surface area contributed by atoms with Gasteiger partial charge < -0.3 is 9.50 Å². The zero-order chi connectivity index (χ0) is 28.2. The van der Waals surface area contributed by atoms with Crippen molar-refractivity contribution in [3.05, 3.63) is 107 Å². The molecular formula is C25H20N4O8S2. The number of hydrogen-bond donors (Lipinski definition) is 2. The van der Waals surface area contributed by atoms with Crippen LogP contribution in [0.4, 0.5) is 28.4 Å². The third kappa shape index (κ3) is 6.81. The van der Waals surface area contributed by atoms with Crippen LogP contribution in [0.1, 0.15) is 5.56 Å². The van der Waals surface area contributed by atoms with E-state index in [1.54, 1.807) is 55.5 Å². The number of non-ortho nitro benzene ring substituents is 1. The number of azo groups is 1. The molecule has 0 saturated carbocycles. The molecule has 0 fully saturated rings. The molecule has 0 unspecified atom stereocenters. The number of anilines is 2. The molecule has 0 aliphatic heterocycles. The molecule has 14 heteroatoms. The number of nitrogens with one attached hydrogen (secondary N) is 1. The lowest BCUT2D eigenvalue weighted by molar-refractivity contribution is -0.385. The standard InChI is InChI=1S/C25H20N4O8S2/c1-17-15-20(11-14-24(17)39(35,36)37-22-5-3-2-4-6-22)28-27-19-9-7-18(8-10-19)26-23-13-12-21(29(30)31)16-25(23)38(32,33)34/h2-16,26H,1H3,(H,32,33,34). The van der Waals surface area contributed by atoms with Gasteiger partial charge in [-0.2, -0.15) is 27.1 Å². The molecule has 4 aromatic rings. The summed E-state index contributed by atoms with van der Waals surface area (Å²) in [5, 5.41) is 22.0. The van der Waals surface area contributed by atoms with Crippen LogP contribution in [0.3, 0.4) is 0 Å². The van der Waals surface area contributed by atoms with Crippen LogP contribution in [-0.4, -0.2) is 26.3 Å². The van der Waals surface area contributed by atoms with Gasteiger partial charge in [-0.05, 0) is 73.2 Å². The molecule has 200 valence electrons. The lowest BCUT2D eigenvalue weighted by atomic mass is 10.2. The largest absolute Gasteiger partial charge is 0.379 e. The molecule has 0 atom stereocenters. The molecule has 12 nitrogen and oxygen atoms in total. The van der Waals surface area contributed by atoms with Gasteiger partial charge in [0.2, 0.25) is 0 Å². The van der Waals surface area contributed by atoms with Crippen molar-refractivity contribution in [2.75, 3.05) is 5.32 Å². The Hall–Kier alpha value is -4.66. The third-order valence-electron chi connectivity index (χ3n) is 5.26. The van der Waals surface area contributed by atoms with Gasteiger partial charge in [0.25, 0.3) is 15.8 Å². The summed E-state index contributed by atoms with van der Waals surface area (Å²) < 4.78 is 63.3. The van der Waals surface area contributed by atoms with E-state index in [1.165, 1.54) is 30.3 Å². The summed E-state index contributed by atoms with van der Waals surface area (Å²) in [7, 11) is -8.78. The van der Waals surface area contributed by atoms with Gasteiger partial charge >= 0.3 is 10.1 Å². The normalized spacial score (nSPS) is 11.8. The first-order chi connectivity index (χ1) is 18.4. The van der Waals surface area contributed by atoms with Crippen molar-refractivity contribution in [2.24, 2.45) is 10.2 Å². The molecule has 4 aromatic carbocycles. The molecule has 0 aliphatic rings. The zero-order valence-electron chi connectivity index (χ0n) is 20.1. The minimum Gasteiger partial charge on any atom is -0.379 e. The van der Waals surface area contributed by atoms with E-state index in [1.807, 2.05) is 0 Å². The first-order valence-electron chi connectivity index (χ1n) is 11.1. The smallest absolute Gasteiger partial charge is 0.339 e. The summed E-state index contributed by atoms with van der Waals surface area (Å²) in [6.07, 6.45) is 0. The molecule has 4 rings (SSSR count). The molecule has 0 amide bonds. The van der Waals surface area contributed by atoms with Gasteiger partial charge in [0, 0.05) is 17.8 Å². The highest BCUT2D eigenvalue weighted by Crippen LogP contribution is 2.30. The van der Waals surface area contributed by atoms with E-state index >= 15 is 0 Å². The fraction of sp³-hybridized carbons (Fsp3) is 0.0400. The highest BCUT2D eigenvalue weighted by molar-refractivity contribution is 7.87. The van der Waals surface area contributed by atoms with Gasteiger partial charge in [0.05, 0.1) is 22.0 Å². The lowest BCUT2D eigenvalue weighted by Crippen LogP contribution is -2.11. The number of nitrogens with zero attached hydrogens (tertiary/aromatic N) is 3. The van der Waals surface area contributed by atoms with Crippen LogP contribution in [0.15, 0.2) is 111 Å². The Bertz CT molecular complexity index is 1780. The number of hydrogen-bond acceptors (Lipinski definition) is 10. The molecule has 0 aromatic heterocycles. The van der Waals surface area contributed by atoms with Crippen LogP contribution in [0.5, 0.6) is 5.75 Å².